The Morgan fingerprint density at radius 2 is 1.68 bits per heavy atom. The summed E-state index contributed by atoms with van der Waals surface area (Å²) in [6.07, 6.45) is 0. The minimum Gasteiger partial charge on any atom is -0.454 e. The van der Waals surface area contributed by atoms with Crippen LogP contribution in [0, 0.1) is 0 Å². The third-order valence-corrected chi connectivity index (χ3v) is 5.28. The molecule has 0 unspecified atom stereocenters. The molecular weight excluding hydrogens is 460 g/mol. The summed E-state index contributed by atoms with van der Waals surface area (Å²) in [5, 5.41) is 12.8. The van der Waals surface area contributed by atoms with Crippen LogP contribution in [0.3, 0.4) is 0 Å². The number of rotatable bonds is 5. The van der Waals surface area contributed by atoms with Gasteiger partial charge in [-0.25, -0.2) is 0 Å². The molecule has 3 aromatic carbocycles. The average Bonchev–Trinajstić information content (AvgIpc) is 3.53. The normalized spacial score (nSPS) is 11.8. The van der Waals surface area contributed by atoms with Gasteiger partial charge in [0.25, 0.3) is 11.8 Å². The van der Waals surface area contributed by atoms with Gasteiger partial charge < -0.3 is 9.47 Å². The summed E-state index contributed by atoms with van der Waals surface area (Å²) in [6, 6.07) is 19.3. The van der Waals surface area contributed by atoms with Crippen LogP contribution in [0.25, 0.3) is 11.4 Å². The van der Waals surface area contributed by atoms with E-state index in [2.05, 4.69) is 26.3 Å². The molecule has 170 valence electrons. The second-order valence-electron chi connectivity index (χ2n) is 7.31. The number of carbonyl (C=O) groups excluding carboxylic acids is 2. The van der Waals surface area contributed by atoms with E-state index in [-0.39, 0.29) is 17.4 Å². The number of hydrazine groups is 1. The van der Waals surface area contributed by atoms with Gasteiger partial charge in [0.05, 0.1) is 11.6 Å². The predicted molar refractivity (Wildman–Crippen MR) is 121 cm³/mol. The second kappa shape index (κ2) is 9.20. The molecular formula is C23H17ClN6O4. The standard InChI is InChI=1S/C23H17ClN6O4/c24-18-10-17(11-19-20(18)34-13-33-19)23(32)27-26-22(31)16-8-6-14(7-9-16)12-30-28-21(25-29-30)15-4-2-1-3-5-15/h1-11H,12-13H2,(H,26,31)(H,27,32). The Kier molecular flexibility index (Phi) is 5.79. The zero-order valence-electron chi connectivity index (χ0n) is 17.6. The molecule has 0 saturated carbocycles. The van der Waals surface area contributed by atoms with Gasteiger partial charge in [0, 0.05) is 16.7 Å². The van der Waals surface area contributed by atoms with Gasteiger partial charge in [-0.15, -0.1) is 10.2 Å². The molecule has 2 amide bonds. The highest BCUT2D eigenvalue weighted by atomic mass is 35.5. The number of halogens is 1. The summed E-state index contributed by atoms with van der Waals surface area (Å²) in [4.78, 5) is 26.3. The number of aromatic nitrogens is 4. The lowest BCUT2D eigenvalue weighted by atomic mass is 10.1. The number of fused-ring (bicyclic) bond motifs is 1. The number of hydrogen-bond acceptors (Lipinski definition) is 7. The number of nitrogens with zero attached hydrogens (tertiary/aromatic N) is 4. The maximum atomic E-state index is 12.4. The van der Waals surface area contributed by atoms with E-state index in [1.54, 1.807) is 24.3 Å². The van der Waals surface area contributed by atoms with Crippen molar-refractivity contribution in [2.24, 2.45) is 0 Å². The Morgan fingerprint density at radius 1 is 0.941 bits per heavy atom. The molecule has 0 bridgehead atoms. The average molecular weight is 477 g/mol. The van der Waals surface area contributed by atoms with Crippen molar-refractivity contribution in [3.05, 3.63) is 88.4 Å². The van der Waals surface area contributed by atoms with Crippen LogP contribution in [0.15, 0.2) is 66.7 Å². The molecule has 4 aromatic rings. The summed E-state index contributed by atoms with van der Waals surface area (Å²) in [6.45, 7) is 0.428. The smallest absolute Gasteiger partial charge is 0.269 e. The van der Waals surface area contributed by atoms with E-state index >= 15 is 0 Å². The van der Waals surface area contributed by atoms with E-state index in [4.69, 9.17) is 21.1 Å². The van der Waals surface area contributed by atoms with Crippen LogP contribution in [0.2, 0.25) is 5.02 Å². The van der Waals surface area contributed by atoms with Crippen molar-refractivity contribution in [2.45, 2.75) is 6.54 Å². The van der Waals surface area contributed by atoms with Gasteiger partial charge in [-0.1, -0.05) is 54.1 Å². The van der Waals surface area contributed by atoms with Crippen molar-refractivity contribution in [1.82, 2.24) is 31.1 Å². The molecule has 10 nitrogen and oxygen atoms in total. The van der Waals surface area contributed by atoms with Crippen LogP contribution in [-0.4, -0.2) is 38.8 Å². The molecule has 0 atom stereocenters. The van der Waals surface area contributed by atoms with Crippen molar-refractivity contribution in [1.29, 1.82) is 0 Å². The van der Waals surface area contributed by atoms with Gasteiger partial charge in [-0.05, 0) is 35.0 Å². The molecule has 2 heterocycles. The highest BCUT2D eigenvalue weighted by Gasteiger charge is 2.21. The number of tetrazole rings is 1. The molecule has 1 aliphatic rings. The third kappa shape index (κ3) is 4.52. The van der Waals surface area contributed by atoms with Gasteiger partial charge in [0.2, 0.25) is 12.6 Å². The monoisotopic (exact) mass is 476 g/mol. The van der Waals surface area contributed by atoms with E-state index in [0.29, 0.717) is 29.4 Å². The van der Waals surface area contributed by atoms with E-state index in [1.807, 2.05) is 30.3 Å². The molecule has 0 radical (unpaired) electrons. The van der Waals surface area contributed by atoms with Crippen LogP contribution in [0.1, 0.15) is 26.3 Å². The molecule has 0 saturated heterocycles. The first-order valence-corrected chi connectivity index (χ1v) is 10.6. The maximum Gasteiger partial charge on any atom is 0.269 e. The van der Waals surface area contributed by atoms with Gasteiger partial charge in [0.1, 0.15) is 0 Å². The first kappa shape index (κ1) is 21.4. The number of ether oxygens (including phenoxy) is 2. The van der Waals surface area contributed by atoms with Gasteiger partial charge in [0.15, 0.2) is 11.5 Å². The molecule has 0 fully saturated rings. The largest absolute Gasteiger partial charge is 0.454 e. The van der Waals surface area contributed by atoms with Crippen molar-refractivity contribution >= 4 is 23.4 Å². The minimum absolute atomic E-state index is 0.0357. The lowest BCUT2D eigenvalue weighted by Crippen LogP contribution is -2.41. The van der Waals surface area contributed by atoms with Crippen molar-refractivity contribution in [3.8, 4) is 22.9 Å². The van der Waals surface area contributed by atoms with E-state index < -0.39 is 11.8 Å². The lowest BCUT2D eigenvalue weighted by molar-refractivity contribution is 0.0846. The summed E-state index contributed by atoms with van der Waals surface area (Å²) >= 11 is 6.10. The Hall–Kier alpha value is -4.44. The van der Waals surface area contributed by atoms with Crippen molar-refractivity contribution < 1.29 is 19.1 Å². The Bertz CT molecular complexity index is 1360. The number of carbonyl (C=O) groups is 2. The number of benzene rings is 3. The number of hydrogen-bond donors (Lipinski definition) is 2. The molecule has 34 heavy (non-hydrogen) atoms. The van der Waals surface area contributed by atoms with Gasteiger partial charge in [-0.2, -0.15) is 4.80 Å². The van der Waals surface area contributed by atoms with E-state index in [0.717, 1.165) is 11.1 Å². The summed E-state index contributed by atoms with van der Waals surface area (Å²) in [5.74, 6) is 0.279. The Morgan fingerprint density at radius 3 is 2.44 bits per heavy atom. The first-order valence-electron chi connectivity index (χ1n) is 10.2. The maximum absolute atomic E-state index is 12.4. The summed E-state index contributed by atoms with van der Waals surface area (Å²) in [5.41, 5.74) is 7.09. The molecule has 5 rings (SSSR count). The fourth-order valence-electron chi connectivity index (χ4n) is 3.29. The van der Waals surface area contributed by atoms with Gasteiger partial charge >= 0.3 is 0 Å². The zero-order chi connectivity index (χ0) is 23.5. The highest BCUT2D eigenvalue weighted by Crippen LogP contribution is 2.39. The van der Waals surface area contributed by atoms with Crippen molar-refractivity contribution in [2.75, 3.05) is 6.79 Å². The molecule has 1 aliphatic heterocycles. The van der Waals surface area contributed by atoms with E-state index in [1.165, 1.54) is 16.9 Å². The molecule has 2 N–H and O–H groups in total. The highest BCUT2D eigenvalue weighted by molar-refractivity contribution is 6.32. The SMILES string of the molecule is O=C(NNC(=O)c1cc(Cl)c2c(c1)OCO2)c1ccc(Cn2nnc(-c3ccccc3)n2)cc1. The lowest BCUT2D eigenvalue weighted by Gasteiger charge is -2.09. The van der Waals surface area contributed by atoms with Crippen LogP contribution in [0.4, 0.5) is 0 Å². The summed E-state index contributed by atoms with van der Waals surface area (Å²) in [7, 11) is 0. The second-order valence-corrected chi connectivity index (χ2v) is 7.71. The van der Waals surface area contributed by atoms with Crippen LogP contribution >= 0.6 is 11.6 Å². The molecule has 0 aliphatic carbocycles. The van der Waals surface area contributed by atoms with Crippen LogP contribution < -0.4 is 20.3 Å². The fourth-order valence-corrected chi connectivity index (χ4v) is 3.56. The zero-order valence-corrected chi connectivity index (χ0v) is 18.3. The topological polar surface area (TPSA) is 120 Å². The molecule has 11 heteroatoms. The number of amides is 2. The summed E-state index contributed by atoms with van der Waals surface area (Å²) < 4.78 is 10.5. The third-order valence-electron chi connectivity index (χ3n) is 5.00. The quantitative estimate of drug-likeness (QED) is 0.425. The van der Waals surface area contributed by atoms with Crippen molar-refractivity contribution in [3.63, 3.8) is 0 Å². The Balaban J connectivity index is 1.18. The van der Waals surface area contributed by atoms with E-state index in [9.17, 15) is 9.59 Å². The molecule has 1 aromatic heterocycles. The minimum atomic E-state index is -0.545. The van der Waals surface area contributed by atoms with Crippen LogP contribution in [-0.2, 0) is 6.54 Å². The number of nitrogens with one attached hydrogen (secondary N) is 2. The first-order chi connectivity index (χ1) is 16.6. The van der Waals surface area contributed by atoms with Crippen LogP contribution in [0.5, 0.6) is 11.5 Å². The van der Waals surface area contributed by atoms with Gasteiger partial charge in [-0.3, -0.25) is 20.4 Å². The fraction of sp³-hybridized carbons (Fsp3) is 0.0870. The molecule has 0 spiro atoms. The predicted octanol–water partition coefficient (Wildman–Crippen LogP) is 2.85. The Labute approximate surface area is 198 Å².